The maximum Gasteiger partial charge on any atom is 0.266 e. The lowest BCUT2D eigenvalue weighted by molar-refractivity contribution is -0.112. The van der Waals surface area contributed by atoms with Gasteiger partial charge in [-0.1, -0.05) is 52.3 Å². The topological polar surface area (TPSA) is 67.0 Å². The molecule has 3 aromatic carbocycles. The largest absolute Gasteiger partial charge is 0.494 e. The highest BCUT2D eigenvalue weighted by Gasteiger charge is 2.16. The number of hydrogen-bond donors (Lipinski definition) is 1. The fourth-order valence-corrected chi connectivity index (χ4v) is 4.20. The van der Waals surface area contributed by atoms with Crippen LogP contribution >= 0.6 is 15.9 Å². The lowest BCUT2D eigenvalue weighted by Gasteiger charge is -2.09. The van der Waals surface area contributed by atoms with Crippen LogP contribution in [0.5, 0.6) is 5.75 Å². The summed E-state index contributed by atoms with van der Waals surface area (Å²) in [5, 5.41) is 13.6. The molecule has 0 spiro atoms. The summed E-state index contributed by atoms with van der Waals surface area (Å²) in [6, 6.07) is 25.5. The number of para-hydroxylation sites is 1. The van der Waals surface area contributed by atoms with Gasteiger partial charge in [0.05, 0.1) is 6.61 Å². The van der Waals surface area contributed by atoms with Gasteiger partial charge in [-0.25, -0.2) is 0 Å². The van der Waals surface area contributed by atoms with Crippen molar-refractivity contribution < 1.29 is 9.53 Å². The van der Waals surface area contributed by atoms with Crippen molar-refractivity contribution in [2.24, 2.45) is 0 Å². The Labute approximate surface area is 207 Å². The van der Waals surface area contributed by atoms with E-state index in [9.17, 15) is 10.1 Å². The molecular formula is C28H24BrN3O2. The minimum atomic E-state index is -0.458. The third kappa shape index (κ3) is 5.05. The Balaban J connectivity index is 1.69. The van der Waals surface area contributed by atoms with Crippen molar-refractivity contribution in [3.05, 3.63) is 99.7 Å². The maximum atomic E-state index is 12.9. The van der Waals surface area contributed by atoms with Crippen LogP contribution in [0.3, 0.4) is 0 Å². The number of halogens is 1. The van der Waals surface area contributed by atoms with Crippen LogP contribution in [0.1, 0.15) is 23.7 Å². The van der Waals surface area contributed by atoms with Crippen molar-refractivity contribution >= 4 is 44.5 Å². The Morgan fingerprint density at radius 3 is 2.62 bits per heavy atom. The number of ether oxygens (including phenoxy) is 1. The van der Waals surface area contributed by atoms with E-state index in [0.29, 0.717) is 24.6 Å². The predicted molar refractivity (Wildman–Crippen MR) is 140 cm³/mol. The van der Waals surface area contributed by atoms with Crippen molar-refractivity contribution in [3.63, 3.8) is 0 Å². The van der Waals surface area contributed by atoms with E-state index in [2.05, 4.69) is 50.1 Å². The van der Waals surface area contributed by atoms with E-state index in [-0.39, 0.29) is 5.57 Å². The predicted octanol–water partition coefficient (Wildman–Crippen LogP) is 6.70. The van der Waals surface area contributed by atoms with Crippen LogP contribution in [0.4, 0.5) is 5.69 Å². The molecule has 0 saturated heterocycles. The van der Waals surface area contributed by atoms with Gasteiger partial charge in [0.15, 0.2) is 0 Å². The number of amides is 1. The normalized spacial score (nSPS) is 11.3. The molecule has 4 aromatic rings. The highest BCUT2D eigenvalue weighted by molar-refractivity contribution is 9.10. The second-order valence-electron chi connectivity index (χ2n) is 7.81. The number of benzene rings is 3. The summed E-state index contributed by atoms with van der Waals surface area (Å²) >= 11 is 3.48. The molecule has 5 nitrogen and oxygen atoms in total. The zero-order chi connectivity index (χ0) is 24.1. The molecule has 0 bridgehead atoms. The van der Waals surface area contributed by atoms with Crippen LogP contribution in [-0.2, 0) is 11.3 Å². The lowest BCUT2D eigenvalue weighted by atomic mass is 10.1. The van der Waals surface area contributed by atoms with Gasteiger partial charge >= 0.3 is 0 Å². The van der Waals surface area contributed by atoms with Crippen molar-refractivity contribution in [1.29, 1.82) is 5.26 Å². The molecule has 0 saturated carbocycles. The molecule has 0 aliphatic heterocycles. The number of aromatic nitrogens is 1. The number of fused-ring (bicyclic) bond motifs is 1. The van der Waals surface area contributed by atoms with Crippen molar-refractivity contribution in [2.45, 2.75) is 20.4 Å². The van der Waals surface area contributed by atoms with Crippen molar-refractivity contribution in [3.8, 4) is 11.8 Å². The van der Waals surface area contributed by atoms with Crippen molar-refractivity contribution in [2.75, 3.05) is 11.9 Å². The molecule has 0 unspecified atom stereocenters. The average molecular weight is 514 g/mol. The second kappa shape index (κ2) is 10.4. The number of nitrogens with one attached hydrogen (secondary N) is 1. The Morgan fingerprint density at radius 2 is 1.88 bits per heavy atom. The zero-order valence-electron chi connectivity index (χ0n) is 19.0. The molecule has 0 aliphatic carbocycles. The fourth-order valence-electron chi connectivity index (χ4n) is 3.94. The Kier molecular flexibility index (Phi) is 7.15. The van der Waals surface area contributed by atoms with Gasteiger partial charge in [0.25, 0.3) is 5.91 Å². The van der Waals surface area contributed by atoms with E-state index in [1.54, 1.807) is 24.3 Å². The molecule has 6 heteroatoms. The van der Waals surface area contributed by atoms with E-state index >= 15 is 0 Å². The molecule has 0 aliphatic rings. The number of nitrogens with zero attached hydrogens (tertiary/aromatic N) is 2. The molecule has 1 heterocycles. The van der Waals surface area contributed by atoms with Gasteiger partial charge in [-0.05, 0) is 55.8 Å². The van der Waals surface area contributed by atoms with Crippen LogP contribution in [0.2, 0.25) is 0 Å². The molecular weight excluding hydrogens is 490 g/mol. The first-order valence-corrected chi connectivity index (χ1v) is 11.8. The maximum absolute atomic E-state index is 12.9. The molecule has 0 fully saturated rings. The van der Waals surface area contributed by atoms with Gasteiger partial charge in [0.1, 0.15) is 17.4 Å². The highest BCUT2D eigenvalue weighted by atomic mass is 79.9. The van der Waals surface area contributed by atoms with E-state index in [1.165, 1.54) is 0 Å². The number of anilines is 1. The van der Waals surface area contributed by atoms with Crippen LogP contribution in [0.25, 0.3) is 17.0 Å². The minimum Gasteiger partial charge on any atom is -0.494 e. The van der Waals surface area contributed by atoms with Gasteiger partial charge in [0.2, 0.25) is 0 Å². The summed E-state index contributed by atoms with van der Waals surface area (Å²) in [5.41, 5.74) is 4.68. The fraction of sp³-hybridized carbons (Fsp3) is 0.143. The first-order chi connectivity index (χ1) is 16.5. The number of carbonyl (C=O) groups is 1. The van der Waals surface area contributed by atoms with Crippen LogP contribution < -0.4 is 10.1 Å². The van der Waals surface area contributed by atoms with E-state index in [4.69, 9.17) is 4.74 Å². The van der Waals surface area contributed by atoms with Gasteiger partial charge < -0.3 is 14.6 Å². The van der Waals surface area contributed by atoms with Gasteiger partial charge in [-0.2, -0.15) is 5.26 Å². The Bertz CT molecular complexity index is 1410. The highest BCUT2D eigenvalue weighted by Crippen LogP contribution is 2.29. The van der Waals surface area contributed by atoms with Crippen LogP contribution in [-0.4, -0.2) is 17.1 Å². The first-order valence-electron chi connectivity index (χ1n) is 11.0. The molecule has 0 atom stereocenters. The molecule has 170 valence electrons. The second-order valence-corrected chi connectivity index (χ2v) is 8.73. The first kappa shape index (κ1) is 23.3. The molecule has 1 amide bonds. The van der Waals surface area contributed by atoms with E-state index in [1.807, 2.05) is 50.2 Å². The molecule has 4 rings (SSSR count). The minimum absolute atomic E-state index is 0.0384. The SMILES string of the molecule is CCOc1cccc(NC(=O)/C(C#N)=C/c2c(C)n(Cc3ccc(Br)cc3)c3ccccc23)c1. The monoisotopic (exact) mass is 513 g/mol. The van der Waals surface area contributed by atoms with Gasteiger partial charge in [-0.15, -0.1) is 0 Å². The molecule has 0 radical (unpaired) electrons. The summed E-state index contributed by atoms with van der Waals surface area (Å²) in [7, 11) is 0. The summed E-state index contributed by atoms with van der Waals surface area (Å²) in [6.07, 6.45) is 1.68. The van der Waals surface area contributed by atoms with E-state index in [0.717, 1.165) is 32.2 Å². The summed E-state index contributed by atoms with van der Waals surface area (Å²) in [6.45, 7) is 5.14. The molecule has 1 aromatic heterocycles. The molecule has 34 heavy (non-hydrogen) atoms. The smallest absolute Gasteiger partial charge is 0.266 e. The average Bonchev–Trinajstić information content (AvgIpc) is 3.10. The Hall–Kier alpha value is -3.82. The van der Waals surface area contributed by atoms with E-state index < -0.39 is 5.91 Å². The number of nitriles is 1. The Morgan fingerprint density at radius 1 is 1.12 bits per heavy atom. The number of hydrogen-bond acceptors (Lipinski definition) is 3. The third-order valence-electron chi connectivity index (χ3n) is 5.59. The van der Waals surface area contributed by atoms with Gasteiger partial charge in [-0.3, -0.25) is 4.79 Å². The molecule has 1 N–H and O–H groups in total. The summed E-state index contributed by atoms with van der Waals surface area (Å²) in [5.74, 6) is 0.204. The quantitative estimate of drug-likeness (QED) is 0.220. The number of rotatable bonds is 7. The standard InChI is InChI=1S/C28H24BrN3O2/c1-3-34-24-8-6-7-23(16-24)31-28(33)21(17-30)15-26-19(2)32(27-10-5-4-9-25(26)27)18-20-11-13-22(29)14-12-20/h4-16H,3,18H2,1-2H3,(H,31,33)/b21-15+. The van der Waals surface area contributed by atoms with Crippen LogP contribution in [0.15, 0.2) is 82.8 Å². The van der Waals surface area contributed by atoms with Crippen LogP contribution in [0, 0.1) is 18.3 Å². The summed E-state index contributed by atoms with van der Waals surface area (Å²) in [4.78, 5) is 12.9. The third-order valence-corrected chi connectivity index (χ3v) is 6.12. The number of carbonyl (C=O) groups excluding carboxylic acids is 1. The summed E-state index contributed by atoms with van der Waals surface area (Å²) < 4.78 is 8.74. The lowest BCUT2D eigenvalue weighted by Crippen LogP contribution is -2.13. The van der Waals surface area contributed by atoms with Gasteiger partial charge in [0, 0.05) is 44.9 Å². The van der Waals surface area contributed by atoms with Crippen molar-refractivity contribution in [1.82, 2.24) is 4.57 Å². The zero-order valence-corrected chi connectivity index (χ0v) is 20.6.